The van der Waals surface area contributed by atoms with E-state index in [0.29, 0.717) is 26.1 Å². The number of ether oxygens (including phenoxy) is 1. The third kappa shape index (κ3) is 4.36. The summed E-state index contributed by atoms with van der Waals surface area (Å²) in [5.41, 5.74) is -0.0389. The van der Waals surface area contributed by atoms with Crippen LogP contribution >= 0.6 is 0 Å². The summed E-state index contributed by atoms with van der Waals surface area (Å²) in [6, 6.07) is 6.54. The zero-order valence-electron chi connectivity index (χ0n) is 11.2. The molecule has 5 heteroatoms. The number of phenolic OH excluding ortho intramolecular Hbond substituents is 1. The third-order valence-corrected chi connectivity index (χ3v) is 3.34. The molecule has 0 unspecified atom stereocenters. The number of rotatable bonds is 4. The number of aliphatic hydroxyl groups is 1. The van der Waals surface area contributed by atoms with Crippen molar-refractivity contribution >= 4 is 12.0 Å². The number of benzene rings is 1. The Bertz CT molecular complexity index is 475. The minimum Gasteiger partial charge on any atom is -0.508 e. The highest BCUT2D eigenvalue weighted by atomic mass is 16.5. The summed E-state index contributed by atoms with van der Waals surface area (Å²) in [7, 11) is 0. The monoisotopic (exact) mass is 277 g/mol. The molecule has 1 saturated heterocycles. The summed E-state index contributed by atoms with van der Waals surface area (Å²) in [6.45, 7) is 1.28. The molecule has 0 aliphatic carbocycles. The lowest BCUT2D eigenvalue weighted by molar-refractivity contribution is -0.119. The van der Waals surface area contributed by atoms with Crippen LogP contribution in [0.1, 0.15) is 18.4 Å². The van der Waals surface area contributed by atoms with Gasteiger partial charge in [0.05, 0.1) is 5.60 Å². The van der Waals surface area contributed by atoms with E-state index in [0.717, 1.165) is 5.56 Å². The van der Waals surface area contributed by atoms with E-state index in [1.54, 1.807) is 30.3 Å². The van der Waals surface area contributed by atoms with Crippen LogP contribution in [0, 0.1) is 0 Å². The second-order valence-corrected chi connectivity index (χ2v) is 4.98. The van der Waals surface area contributed by atoms with E-state index in [1.807, 2.05) is 0 Å². The Kier molecular flexibility index (Phi) is 4.76. The quantitative estimate of drug-likeness (QED) is 0.719. The predicted octanol–water partition coefficient (Wildman–Crippen LogP) is 1.06. The molecule has 3 N–H and O–H groups in total. The largest absolute Gasteiger partial charge is 0.508 e. The molecule has 1 aliphatic heterocycles. The van der Waals surface area contributed by atoms with E-state index in [1.165, 1.54) is 6.08 Å². The van der Waals surface area contributed by atoms with Gasteiger partial charge in [-0.1, -0.05) is 12.1 Å². The Balaban J connectivity index is 1.81. The molecule has 1 amide bonds. The Hall–Kier alpha value is -1.85. The zero-order chi connectivity index (χ0) is 14.4. The van der Waals surface area contributed by atoms with Gasteiger partial charge in [-0.2, -0.15) is 0 Å². The van der Waals surface area contributed by atoms with E-state index in [9.17, 15) is 9.90 Å². The minimum absolute atomic E-state index is 0.188. The summed E-state index contributed by atoms with van der Waals surface area (Å²) in [6.07, 6.45) is 4.14. The summed E-state index contributed by atoms with van der Waals surface area (Å²) < 4.78 is 5.18. The van der Waals surface area contributed by atoms with Gasteiger partial charge in [-0.25, -0.2) is 0 Å². The van der Waals surface area contributed by atoms with Crippen molar-refractivity contribution in [1.82, 2.24) is 5.32 Å². The van der Waals surface area contributed by atoms with Gasteiger partial charge in [0.25, 0.3) is 0 Å². The van der Waals surface area contributed by atoms with Crippen molar-refractivity contribution in [3.05, 3.63) is 35.9 Å². The van der Waals surface area contributed by atoms with Crippen molar-refractivity contribution in [2.45, 2.75) is 18.4 Å². The van der Waals surface area contributed by atoms with Crippen molar-refractivity contribution in [1.29, 1.82) is 0 Å². The van der Waals surface area contributed by atoms with Crippen LogP contribution in [0.3, 0.4) is 0 Å². The fourth-order valence-corrected chi connectivity index (χ4v) is 2.00. The molecule has 108 valence electrons. The van der Waals surface area contributed by atoms with Gasteiger partial charge in [0.1, 0.15) is 5.75 Å². The van der Waals surface area contributed by atoms with Crippen molar-refractivity contribution in [3.8, 4) is 5.75 Å². The first-order chi connectivity index (χ1) is 9.57. The van der Waals surface area contributed by atoms with E-state index in [-0.39, 0.29) is 18.2 Å². The van der Waals surface area contributed by atoms with Gasteiger partial charge < -0.3 is 20.3 Å². The lowest BCUT2D eigenvalue weighted by Crippen LogP contribution is -2.46. The molecule has 0 aromatic heterocycles. The Morgan fingerprint density at radius 3 is 2.60 bits per heavy atom. The number of carbonyl (C=O) groups is 1. The molecule has 1 aromatic rings. The Labute approximate surface area is 117 Å². The molecule has 2 rings (SSSR count). The number of hydrogen-bond acceptors (Lipinski definition) is 4. The average molecular weight is 277 g/mol. The van der Waals surface area contributed by atoms with Gasteiger partial charge in [0, 0.05) is 38.7 Å². The van der Waals surface area contributed by atoms with Crippen LogP contribution < -0.4 is 5.32 Å². The molecule has 5 nitrogen and oxygen atoms in total. The summed E-state index contributed by atoms with van der Waals surface area (Å²) in [5, 5.41) is 22.0. The van der Waals surface area contributed by atoms with Gasteiger partial charge in [-0.15, -0.1) is 0 Å². The maximum Gasteiger partial charge on any atom is 0.244 e. The lowest BCUT2D eigenvalue weighted by atomic mass is 9.94. The first-order valence-electron chi connectivity index (χ1n) is 6.62. The number of amides is 1. The molecule has 1 fully saturated rings. The molecule has 1 aliphatic rings. The van der Waals surface area contributed by atoms with E-state index < -0.39 is 5.60 Å². The van der Waals surface area contributed by atoms with Crippen LogP contribution in [-0.4, -0.2) is 41.5 Å². The summed E-state index contributed by atoms with van der Waals surface area (Å²) >= 11 is 0. The topological polar surface area (TPSA) is 78.8 Å². The number of aromatic hydroxyl groups is 1. The van der Waals surface area contributed by atoms with Crippen LogP contribution in [0.5, 0.6) is 5.75 Å². The Morgan fingerprint density at radius 1 is 1.30 bits per heavy atom. The van der Waals surface area contributed by atoms with Crippen LogP contribution in [0.2, 0.25) is 0 Å². The van der Waals surface area contributed by atoms with Crippen molar-refractivity contribution in [2.24, 2.45) is 0 Å². The van der Waals surface area contributed by atoms with Crippen molar-refractivity contribution < 1.29 is 19.7 Å². The Morgan fingerprint density at radius 2 is 1.95 bits per heavy atom. The molecule has 0 radical (unpaired) electrons. The second kappa shape index (κ2) is 6.54. The minimum atomic E-state index is -0.861. The maximum atomic E-state index is 11.7. The van der Waals surface area contributed by atoms with E-state index >= 15 is 0 Å². The number of hydrogen-bond donors (Lipinski definition) is 3. The van der Waals surface area contributed by atoms with Gasteiger partial charge in [-0.3, -0.25) is 4.79 Å². The molecular formula is C15H19NO4. The smallest absolute Gasteiger partial charge is 0.244 e. The SMILES string of the molecule is O=C(/C=C/c1ccc(O)cc1)NCC1(O)CCOCC1. The van der Waals surface area contributed by atoms with Gasteiger partial charge in [-0.05, 0) is 23.8 Å². The summed E-state index contributed by atoms with van der Waals surface area (Å²) in [4.78, 5) is 11.7. The van der Waals surface area contributed by atoms with Gasteiger partial charge in [0.2, 0.25) is 5.91 Å². The normalized spacial score (nSPS) is 18.1. The fraction of sp³-hybridized carbons (Fsp3) is 0.400. The van der Waals surface area contributed by atoms with E-state index in [4.69, 9.17) is 9.84 Å². The second-order valence-electron chi connectivity index (χ2n) is 4.98. The predicted molar refractivity (Wildman–Crippen MR) is 75.2 cm³/mol. The third-order valence-electron chi connectivity index (χ3n) is 3.34. The van der Waals surface area contributed by atoms with Crippen LogP contribution in [-0.2, 0) is 9.53 Å². The van der Waals surface area contributed by atoms with Gasteiger partial charge in [0.15, 0.2) is 0 Å². The summed E-state index contributed by atoms with van der Waals surface area (Å²) in [5.74, 6) is -0.0636. The van der Waals surface area contributed by atoms with Crippen molar-refractivity contribution in [3.63, 3.8) is 0 Å². The number of phenols is 1. The molecule has 20 heavy (non-hydrogen) atoms. The highest BCUT2D eigenvalue weighted by Gasteiger charge is 2.29. The number of nitrogens with one attached hydrogen (secondary N) is 1. The average Bonchev–Trinajstić information content (AvgIpc) is 2.45. The first-order valence-corrected chi connectivity index (χ1v) is 6.62. The van der Waals surface area contributed by atoms with E-state index in [2.05, 4.69) is 5.32 Å². The molecule has 0 spiro atoms. The highest BCUT2D eigenvalue weighted by Crippen LogP contribution is 2.19. The zero-order valence-corrected chi connectivity index (χ0v) is 11.2. The highest BCUT2D eigenvalue weighted by molar-refractivity contribution is 5.91. The van der Waals surface area contributed by atoms with Crippen LogP contribution in [0.4, 0.5) is 0 Å². The number of carbonyl (C=O) groups excluding carboxylic acids is 1. The van der Waals surface area contributed by atoms with Gasteiger partial charge >= 0.3 is 0 Å². The fourth-order valence-electron chi connectivity index (χ4n) is 2.00. The molecule has 0 saturated carbocycles. The van der Waals surface area contributed by atoms with Crippen molar-refractivity contribution in [2.75, 3.05) is 19.8 Å². The molecular weight excluding hydrogens is 258 g/mol. The maximum absolute atomic E-state index is 11.7. The van der Waals surface area contributed by atoms with Crippen LogP contribution in [0.15, 0.2) is 30.3 Å². The lowest BCUT2D eigenvalue weighted by Gasteiger charge is -2.31. The molecule has 0 atom stereocenters. The molecule has 1 heterocycles. The molecule has 0 bridgehead atoms. The van der Waals surface area contributed by atoms with Crippen LogP contribution in [0.25, 0.3) is 6.08 Å². The molecule has 1 aromatic carbocycles. The first kappa shape index (κ1) is 14.6. The standard InChI is InChI=1S/C15H19NO4/c17-13-4-1-12(2-5-13)3-6-14(18)16-11-15(19)7-9-20-10-8-15/h1-6,17,19H,7-11H2,(H,16,18)/b6-3+.